The van der Waals surface area contributed by atoms with Crippen molar-refractivity contribution in [1.29, 1.82) is 0 Å². The van der Waals surface area contributed by atoms with Gasteiger partial charge in [0.15, 0.2) is 0 Å². The summed E-state index contributed by atoms with van der Waals surface area (Å²) in [5.41, 5.74) is 2.18. The summed E-state index contributed by atoms with van der Waals surface area (Å²) in [6.45, 7) is 8.58. The Bertz CT molecular complexity index is 850. The van der Waals surface area contributed by atoms with Gasteiger partial charge in [-0.3, -0.25) is 14.7 Å². The molecule has 2 aromatic rings. The summed E-state index contributed by atoms with van der Waals surface area (Å²) >= 11 is 0. The molecule has 0 aliphatic carbocycles. The van der Waals surface area contributed by atoms with Gasteiger partial charge in [-0.25, -0.2) is 9.97 Å². The van der Waals surface area contributed by atoms with Gasteiger partial charge in [0, 0.05) is 56.4 Å². The summed E-state index contributed by atoms with van der Waals surface area (Å²) in [7, 11) is 0. The lowest BCUT2D eigenvalue weighted by Crippen LogP contribution is -2.51. The Morgan fingerprint density at radius 3 is 2.77 bits per heavy atom. The van der Waals surface area contributed by atoms with Gasteiger partial charge in [0.2, 0.25) is 5.91 Å². The van der Waals surface area contributed by atoms with Crippen molar-refractivity contribution in [2.45, 2.75) is 52.1 Å². The fraction of sp³-hybridized carbons (Fsp3) is 0.565. The molecule has 1 amide bonds. The van der Waals surface area contributed by atoms with E-state index in [4.69, 9.17) is 0 Å². The van der Waals surface area contributed by atoms with Crippen LogP contribution in [-0.2, 0) is 11.3 Å². The minimum Gasteiger partial charge on any atom is -0.356 e. The lowest BCUT2D eigenvalue weighted by atomic mass is 9.93. The molecule has 30 heavy (non-hydrogen) atoms. The minimum absolute atomic E-state index is 0.0835. The zero-order valence-electron chi connectivity index (χ0n) is 18.0. The van der Waals surface area contributed by atoms with Gasteiger partial charge in [-0.1, -0.05) is 6.07 Å². The van der Waals surface area contributed by atoms with Gasteiger partial charge < -0.3 is 10.2 Å². The van der Waals surface area contributed by atoms with Gasteiger partial charge in [-0.15, -0.1) is 0 Å². The molecule has 2 saturated heterocycles. The highest BCUT2D eigenvalue weighted by Gasteiger charge is 2.32. The SMILES string of the molecule is Cc1ncc(C)c(N2CCC(N3CCCC(C(=O)NCc4cccnc4)C3)CC2)n1. The predicted molar refractivity (Wildman–Crippen MR) is 117 cm³/mol. The topological polar surface area (TPSA) is 74.2 Å². The summed E-state index contributed by atoms with van der Waals surface area (Å²) in [5.74, 6) is 2.16. The van der Waals surface area contributed by atoms with E-state index in [0.717, 1.165) is 74.6 Å². The van der Waals surface area contributed by atoms with Crippen molar-refractivity contribution in [2.75, 3.05) is 31.1 Å². The first-order chi connectivity index (χ1) is 14.6. The van der Waals surface area contributed by atoms with Crippen LogP contribution in [-0.4, -0.2) is 58.0 Å². The highest BCUT2D eigenvalue weighted by atomic mass is 16.1. The molecule has 0 radical (unpaired) electrons. The average molecular weight is 409 g/mol. The van der Waals surface area contributed by atoms with Gasteiger partial charge in [0.1, 0.15) is 11.6 Å². The van der Waals surface area contributed by atoms with E-state index in [0.29, 0.717) is 12.6 Å². The van der Waals surface area contributed by atoms with Crippen molar-refractivity contribution in [2.24, 2.45) is 5.92 Å². The number of hydrogen-bond donors (Lipinski definition) is 1. The van der Waals surface area contributed by atoms with Gasteiger partial charge in [0.05, 0.1) is 5.92 Å². The second kappa shape index (κ2) is 9.51. The summed E-state index contributed by atoms with van der Waals surface area (Å²) in [6.07, 6.45) is 9.79. The third-order valence-electron chi connectivity index (χ3n) is 6.36. The van der Waals surface area contributed by atoms with Crippen LogP contribution in [0.25, 0.3) is 0 Å². The van der Waals surface area contributed by atoms with E-state index in [1.165, 1.54) is 0 Å². The number of aromatic nitrogens is 3. The van der Waals surface area contributed by atoms with Crippen molar-refractivity contribution in [1.82, 2.24) is 25.2 Å². The molecule has 2 aliphatic rings. The maximum absolute atomic E-state index is 12.7. The number of nitrogens with zero attached hydrogens (tertiary/aromatic N) is 5. The lowest BCUT2D eigenvalue weighted by molar-refractivity contribution is -0.127. The Morgan fingerprint density at radius 1 is 1.17 bits per heavy atom. The molecule has 1 unspecified atom stereocenters. The maximum Gasteiger partial charge on any atom is 0.224 e. The molecule has 0 aromatic carbocycles. The number of hydrogen-bond acceptors (Lipinski definition) is 6. The summed E-state index contributed by atoms with van der Waals surface area (Å²) in [6, 6.07) is 4.45. The first kappa shape index (κ1) is 20.7. The van der Waals surface area contributed by atoms with Crippen LogP contribution < -0.4 is 10.2 Å². The summed E-state index contributed by atoms with van der Waals surface area (Å²) in [4.78, 5) is 30.7. The highest BCUT2D eigenvalue weighted by Crippen LogP contribution is 2.27. The van der Waals surface area contributed by atoms with Crippen LogP contribution in [0, 0.1) is 19.8 Å². The van der Waals surface area contributed by atoms with E-state index in [9.17, 15) is 4.79 Å². The molecule has 2 aromatic heterocycles. The molecular formula is C23H32N6O. The van der Waals surface area contributed by atoms with Crippen molar-refractivity contribution in [3.63, 3.8) is 0 Å². The molecule has 1 N–H and O–H groups in total. The largest absolute Gasteiger partial charge is 0.356 e. The Labute approximate surface area is 178 Å². The molecular weight excluding hydrogens is 376 g/mol. The van der Waals surface area contributed by atoms with Crippen LogP contribution >= 0.6 is 0 Å². The molecule has 7 heteroatoms. The Balaban J connectivity index is 1.29. The second-order valence-corrected chi connectivity index (χ2v) is 8.56. The van der Waals surface area contributed by atoms with E-state index in [1.54, 1.807) is 6.20 Å². The zero-order valence-corrected chi connectivity index (χ0v) is 18.0. The average Bonchev–Trinajstić information content (AvgIpc) is 2.80. The number of carbonyl (C=O) groups excluding carboxylic acids is 1. The summed E-state index contributed by atoms with van der Waals surface area (Å²) in [5, 5.41) is 3.10. The maximum atomic E-state index is 12.7. The molecule has 0 saturated carbocycles. The monoisotopic (exact) mass is 408 g/mol. The quantitative estimate of drug-likeness (QED) is 0.819. The van der Waals surface area contributed by atoms with Crippen molar-refractivity contribution in [3.8, 4) is 0 Å². The molecule has 7 nitrogen and oxygen atoms in total. The number of amides is 1. The van der Waals surface area contributed by atoms with Gasteiger partial charge in [-0.2, -0.15) is 0 Å². The van der Waals surface area contributed by atoms with Crippen LogP contribution in [0.4, 0.5) is 5.82 Å². The van der Waals surface area contributed by atoms with E-state index in [-0.39, 0.29) is 11.8 Å². The van der Waals surface area contributed by atoms with Gasteiger partial charge in [0.25, 0.3) is 0 Å². The van der Waals surface area contributed by atoms with Crippen LogP contribution in [0.3, 0.4) is 0 Å². The Hall–Kier alpha value is -2.54. The van der Waals surface area contributed by atoms with E-state index < -0.39 is 0 Å². The number of carbonyl (C=O) groups is 1. The standard InChI is InChI=1S/C23H32N6O/c1-17-13-25-18(2)27-22(17)28-11-7-21(8-12-28)29-10-4-6-20(16-29)23(30)26-15-19-5-3-9-24-14-19/h3,5,9,13-14,20-21H,4,6-8,10-12,15-16H2,1-2H3,(H,26,30). The molecule has 2 aliphatic heterocycles. The number of aryl methyl sites for hydroxylation is 2. The second-order valence-electron chi connectivity index (χ2n) is 8.56. The fourth-order valence-electron chi connectivity index (χ4n) is 4.67. The number of pyridine rings is 1. The Kier molecular flexibility index (Phi) is 6.57. The van der Waals surface area contributed by atoms with Gasteiger partial charge in [-0.05, 0) is 57.7 Å². The molecule has 0 bridgehead atoms. The van der Waals surface area contributed by atoms with Crippen LogP contribution in [0.1, 0.15) is 42.6 Å². The lowest BCUT2D eigenvalue weighted by Gasteiger charge is -2.42. The van der Waals surface area contributed by atoms with E-state index in [2.05, 4.69) is 37.0 Å². The van der Waals surface area contributed by atoms with Crippen molar-refractivity contribution in [3.05, 3.63) is 47.7 Å². The van der Waals surface area contributed by atoms with E-state index >= 15 is 0 Å². The third kappa shape index (κ3) is 4.95. The zero-order chi connectivity index (χ0) is 20.9. The molecule has 4 heterocycles. The number of nitrogens with one attached hydrogen (secondary N) is 1. The normalized spacial score (nSPS) is 20.9. The highest BCUT2D eigenvalue weighted by molar-refractivity contribution is 5.78. The smallest absolute Gasteiger partial charge is 0.224 e. The van der Waals surface area contributed by atoms with Crippen molar-refractivity contribution < 1.29 is 4.79 Å². The molecule has 1 atom stereocenters. The summed E-state index contributed by atoms with van der Waals surface area (Å²) < 4.78 is 0. The Morgan fingerprint density at radius 2 is 2.00 bits per heavy atom. The minimum atomic E-state index is 0.0835. The number of piperidine rings is 2. The molecule has 2 fully saturated rings. The number of rotatable bonds is 5. The molecule has 0 spiro atoms. The van der Waals surface area contributed by atoms with Crippen LogP contribution in [0.15, 0.2) is 30.7 Å². The number of likely N-dealkylation sites (tertiary alicyclic amines) is 1. The first-order valence-corrected chi connectivity index (χ1v) is 11.1. The van der Waals surface area contributed by atoms with E-state index in [1.807, 2.05) is 31.5 Å². The van der Waals surface area contributed by atoms with Crippen LogP contribution in [0.5, 0.6) is 0 Å². The molecule has 4 rings (SSSR count). The third-order valence-corrected chi connectivity index (χ3v) is 6.36. The fourth-order valence-corrected chi connectivity index (χ4v) is 4.67. The molecule has 160 valence electrons. The first-order valence-electron chi connectivity index (χ1n) is 11.1. The number of anilines is 1. The van der Waals surface area contributed by atoms with Gasteiger partial charge >= 0.3 is 0 Å². The predicted octanol–water partition coefficient (Wildman–Crippen LogP) is 2.49. The van der Waals surface area contributed by atoms with Crippen LogP contribution in [0.2, 0.25) is 0 Å². The van der Waals surface area contributed by atoms with Crippen molar-refractivity contribution >= 4 is 11.7 Å².